The van der Waals surface area contributed by atoms with Crippen LogP contribution < -0.4 is 10.1 Å². The average Bonchev–Trinajstić information content (AvgIpc) is 2.29. The highest BCUT2D eigenvalue weighted by Gasteiger charge is 2.04. The first-order chi connectivity index (χ1) is 8.17. The lowest BCUT2D eigenvalue weighted by Gasteiger charge is -2.11. The van der Waals surface area contributed by atoms with E-state index in [9.17, 15) is 9.50 Å². The summed E-state index contributed by atoms with van der Waals surface area (Å²) in [5.74, 6) is -0.110. The van der Waals surface area contributed by atoms with Gasteiger partial charge in [0.15, 0.2) is 11.6 Å². The quantitative estimate of drug-likeness (QED) is 0.768. The maximum absolute atomic E-state index is 13.4. The summed E-state index contributed by atoms with van der Waals surface area (Å²) < 4.78 is 18.2. The zero-order valence-electron chi connectivity index (χ0n) is 10.4. The van der Waals surface area contributed by atoms with Crippen molar-refractivity contribution in [2.24, 2.45) is 0 Å². The van der Waals surface area contributed by atoms with Crippen LogP contribution in [0.4, 0.5) is 4.39 Å². The molecule has 2 N–H and O–H groups in total. The number of hydrogen-bond acceptors (Lipinski definition) is 3. The Morgan fingerprint density at radius 3 is 2.82 bits per heavy atom. The molecule has 1 unspecified atom stereocenters. The number of benzene rings is 1. The largest absolute Gasteiger partial charge is 0.494 e. The summed E-state index contributed by atoms with van der Waals surface area (Å²) in [6.07, 6.45) is 1.41. The molecule has 96 valence electrons. The van der Waals surface area contributed by atoms with E-state index in [1.165, 1.54) is 13.2 Å². The summed E-state index contributed by atoms with van der Waals surface area (Å²) in [6.45, 7) is 3.10. The van der Waals surface area contributed by atoms with Gasteiger partial charge in [0.25, 0.3) is 0 Å². The second kappa shape index (κ2) is 7.25. The van der Waals surface area contributed by atoms with Gasteiger partial charge in [0.05, 0.1) is 13.2 Å². The van der Waals surface area contributed by atoms with E-state index in [0.29, 0.717) is 13.1 Å². The first-order valence-electron chi connectivity index (χ1n) is 5.88. The minimum absolute atomic E-state index is 0.250. The minimum atomic E-state index is -0.360. The fraction of sp³-hybridized carbons (Fsp3) is 0.538. The molecule has 0 fully saturated rings. The zero-order chi connectivity index (χ0) is 12.7. The lowest BCUT2D eigenvalue weighted by Crippen LogP contribution is -2.26. The van der Waals surface area contributed by atoms with E-state index in [1.54, 1.807) is 12.1 Å². The second-order valence-corrected chi connectivity index (χ2v) is 4.04. The molecular formula is C13H20FNO2. The van der Waals surface area contributed by atoms with Gasteiger partial charge in [0.1, 0.15) is 0 Å². The first kappa shape index (κ1) is 13.9. The van der Waals surface area contributed by atoms with Gasteiger partial charge in [-0.2, -0.15) is 0 Å². The van der Waals surface area contributed by atoms with Crippen molar-refractivity contribution in [3.63, 3.8) is 0 Å². The van der Waals surface area contributed by atoms with Crippen molar-refractivity contribution in [1.82, 2.24) is 5.32 Å². The summed E-state index contributed by atoms with van der Waals surface area (Å²) in [4.78, 5) is 0. The fourth-order valence-electron chi connectivity index (χ4n) is 1.64. The van der Waals surface area contributed by atoms with Crippen molar-refractivity contribution in [3.8, 4) is 5.75 Å². The van der Waals surface area contributed by atoms with Crippen molar-refractivity contribution in [2.75, 3.05) is 13.7 Å². The van der Waals surface area contributed by atoms with Gasteiger partial charge in [-0.05, 0) is 24.1 Å². The van der Waals surface area contributed by atoms with Gasteiger partial charge in [-0.15, -0.1) is 0 Å². The average molecular weight is 241 g/mol. The SMILES string of the molecule is CCCC(O)CNCc1ccc(OC)c(F)c1. The number of aliphatic hydroxyl groups excluding tert-OH is 1. The fourth-order valence-corrected chi connectivity index (χ4v) is 1.64. The third-order valence-electron chi connectivity index (χ3n) is 2.55. The van der Waals surface area contributed by atoms with E-state index in [-0.39, 0.29) is 17.7 Å². The Kier molecular flexibility index (Phi) is 5.94. The van der Waals surface area contributed by atoms with E-state index >= 15 is 0 Å². The van der Waals surface area contributed by atoms with Gasteiger partial charge in [-0.3, -0.25) is 0 Å². The third-order valence-corrected chi connectivity index (χ3v) is 2.55. The van der Waals surface area contributed by atoms with Gasteiger partial charge in [0.2, 0.25) is 0 Å². The topological polar surface area (TPSA) is 41.5 Å². The number of aliphatic hydroxyl groups is 1. The lowest BCUT2D eigenvalue weighted by molar-refractivity contribution is 0.160. The van der Waals surface area contributed by atoms with Crippen LogP contribution >= 0.6 is 0 Å². The smallest absolute Gasteiger partial charge is 0.165 e. The Hall–Kier alpha value is -1.13. The van der Waals surface area contributed by atoms with Crippen LogP contribution in [0.2, 0.25) is 0 Å². The zero-order valence-corrected chi connectivity index (χ0v) is 10.4. The van der Waals surface area contributed by atoms with Gasteiger partial charge in [-0.1, -0.05) is 19.4 Å². The van der Waals surface area contributed by atoms with Crippen molar-refractivity contribution in [2.45, 2.75) is 32.4 Å². The molecule has 17 heavy (non-hydrogen) atoms. The monoisotopic (exact) mass is 241 g/mol. The summed E-state index contributed by atoms with van der Waals surface area (Å²) >= 11 is 0. The standard InChI is InChI=1S/C13H20FNO2/c1-3-4-11(16)9-15-8-10-5-6-13(17-2)12(14)7-10/h5-7,11,15-16H,3-4,8-9H2,1-2H3. The molecule has 0 saturated carbocycles. The summed E-state index contributed by atoms with van der Waals surface area (Å²) in [7, 11) is 1.44. The highest BCUT2D eigenvalue weighted by molar-refractivity contribution is 5.29. The molecule has 0 bridgehead atoms. The predicted molar refractivity (Wildman–Crippen MR) is 65.6 cm³/mol. The first-order valence-corrected chi connectivity index (χ1v) is 5.88. The van der Waals surface area contributed by atoms with Crippen molar-refractivity contribution >= 4 is 0 Å². The summed E-state index contributed by atoms with van der Waals surface area (Å²) in [5, 5.41) is 12.6. The van der Waals surface area contributed by atoms with Crippen LogP contribution in [0.25, 0.3) is 0 Å². The lowest BCUT2D eigenvalue weighted by atomic mass is 10.2. The number of rotatable bonds is 7. The molecule has 4 heteroatoms. The Labute approximate surface area is 102 Å². The maximum atomic E-state index is 13.4. The molecule has 0 amide bonds. The van der Waals surface area contributed by atoms with Gasteiger partial charge < -0.3 is 15.2 Å². The molecule has 3 nitrogen and oxygen atoms in total. The van der Waals surface area contributed by atoms with Crippen LogP contribution in [0, 0.1) is 5.82 Å². The van der Waals surface area contributed by atoms with E-state index in [2.05, 4.69) is 5.32 Å². The molecule has 1 atom stereocenters. The molecule has 0 aliphatic rings. The van der Waals surface area contributed by atoms with Crippen LogP contribution in [0.3, 0.4) is 0 Å². The molecule has 0 aliphatic heterocycles. The second-order valence-electron chi connectivity index (χ2n) is 4.04. The number of methoxy groups -OCH3 is 1. The molecule has 0 aromatic heterocycles. The van der Waals surface area contributed by atoms with E-state index in [4.69, 9.17) is 4.74 Å². The van der Waals surface area contributed by atoms with E-state index in [0.717, 1.165) is 18.4 Å². The molecular weight excluding hydrogens is 221 g/mol. The van der Waals surface area contributed by atoms with Gasteiger partial charge in [0, 0.05) is 13.1 Å². The van der Waals surface area contributed by atoms with E-state index in [1.807, 2.05) is 6.92 Å². The van der Waals surface area contributed by atoms with Crippen LogP contribution in [-0.4, -0.2) is 24.9 Å². The van der Waals surface area contributed by atoms with Gasteiger partial charge >= 0.3 is 0 Å². The van der Waals surface area contributed by atoms with Crippen molar-refractivity contribution in [3.05, 3.63) is 29.6 Å². The molecule has 0 saturated heterocycles. The normalized spacial score (nSPS) is 12.5. The molecule has 0 aliphatic carbocycles. The number of ether oxygens (including phenoxy) is 1. The van der Waals surface area contributed by atoms with Crippen LogP contribution in [-0.2, 0) is 6.54 Å². The molecule has 1 rings (SSSR count). The molecule has 0 heterocycles. The number of hydrogen-bond donors (Lipinski definition) is 2. The van der Waals surface area contributed by atoms with Crippen LogP contribution in [0.1, 0.15) is 25.3 Å². The third kappa shape index (κ3) is 4.71. The predicted octanol–water partition coefficient (Wildman–Crippen LogP) is 2.08. The molecule has 1 aromatic carbocycles. The number of halogens is 1. The molecule has 0 spiro atoms. The Bertz CT molecular complexity index is 344. The van der Waals surface area contributed by atoms with Gasteiger partial charge in [-0.25, -0.2) is 4.39 Å². The highest BCUT2D eigenvalue weighted by Crippen LogP contribution is 2.17. The highest BCUT2D eigenvalue weighted by atomic mass is 19.1. The van der Waals surface area contributed by atoms with Crippen molar-refractivity contribution in [1.29, 1.82) is 0 Å². The number of nitrogens with one attached hydrogen (secondary N) is 1. The Balaban J connectivity index is 2.39. The Morgan fingerprint density at radius 2 is 2.24 bits per heavy atom. The summed E-state index contributed by atoms with van der Waals surface area (Å²) in [6, 6.07) is 4.86. The van der Waals surface area contributed by atoms with Crippen molar-refractivity contribution < 1.29 is 14.2 Å². The Morgan fingerprint density at radius 1 is 1.47 bits per heavy atom. The molecule has 1 aromatic rings. The van der Waals surface area contributed by atoms with Crippen LogP contribution in [0.5, 0.6) is 5.75 Å². The summed E-state index contributed by atoms with van der Waals surface area (Å²) in [5.41, 5.74) is 0.840. The molecule has 0 radical (unpaired) electrons. The van der Waals surface area contributed by atoms with E-state index < -0.39 is 0 Å². The minimum Gasteiger partial charge on any atom is -0.494 e. The van der Waals surface area contributed by atoms with Crippen LogP contribution in [0.15, 0.2) is 18.2 Å². The maximum Gasteiger partial charge on any atom is 0.165 e.